The molecule has 3 rings (SSSR count). The number of hydrogen-bond acceptors (Lipinski definition) is 0. The zero-order valence-electron chi connectivity index (χ0n) is 17.8. The van der Waals surface area contributed by atoms with Gasteiger partial charge in [0.15, 0.2) is 0 Å². The van der Waals surface area contributed by atoms with Gasteiger partial charge in [0.2, 0.25) is 0 Å². The van der Waals surface area contributed by atoms with Gasteiger partial charge in [-0.05, 0) is 52.8 Å². The fourth-order valence-corrected chi connectivity index (χ4v) is 9.96. The van der Waals surface area contributed by atoms with E-state index in [0.29, 0.717) is 22.1 Å². The summed E-state index contributed by atoms with van der Waals surface area (Å²) in [5.74, 6) is 1.34. The SMILES string of the molecule is Cc1ccc([C@H]2C(P(C(C)(C)C)C(C)(C)C)[C@@H]2c2ccc(C)cc2)cc1. The Labute approximate surface area is 162 Å². The summed E-state index contributed by atoms with van der Waals surface area (Å²) in [6.07, 6.45) is 0. The molecule has 0 aliphatic heterocycles. The Hall–Kier alpha value is -1.13. The minimum Gasteiger partial charge on any atom is -0.0912 e. The lowest BCUT2D eigenvalue weighted by Crippen LogP contribution is -2.27. The van der Waals surface area contributed by atoms with Gasteiger partial charge in [0, 0.05) is 0 Å². The molecule has 26 heavy (non-hydrogen) atoms. The van der Waals surface area contributed by atoms with Gasteiger partial charge in [0.05, 0.1) is 0 Å². The molecule has 0 aromatic heterocycles. The second kappa shape index (κ2) is 6.79. The van der Waals surface area contributed by atoms with Crippen LogP contribution in [0.5, 0.6) is 0 Å². The van der Waals surface area contributed by atoms with Gasteiger partial charge in [0.1, 0.15) is 0 Å². The highest BCUT2D eigenvalue weighted by atomic mass is 31.1. The van der Waals surface area contributed by atoms with Crippen LogP contribution < -0.4 is 0 Å². The van der Waals surface area contributed by atoms with Crippen LogP contribution in [-0.2, 0) is 0 Å². The maximum absolute atomic E-state index is 2.46. The van der Waals surface area contributed by atoms with Gasteiger partial charge in [-0.15, -0.1) is 0 Å². The number of benzene rings is 2. The molecule has 2 aromatic carbocycles. The van der Waals surface area contributed by atoms with Crippen LogP contribution in [0.4, 0.5) is 0 Å². The smallest absolute Gasteiger partial charge is 0.00126 e. The molecular formula is C25H35P. The number of rotatable bonds is 3. The Balaban J connectivity index is 2.04. The minimum absolute atomic E-state index is 0.132. The Morgan fingerprint density at radius 1 is 0.577 bits per heavy atom. The minimum atomic E-state index is -0.132. The molecule has 1 fully saturated rings. The van der Waals surface area contributed by atoms with Crippen molar-refractivity contribution in [3.05, 3.63) is 70.8 Å². The van der Waals surface area contributed by atoms with E-state index in [0.717, 1.165) is 5.66 Å². The molecule has 0 bridgehead atoms. The van der Waals surface area contributed by atoms with Gasteiger partial charge >= 0.3 is 0 Å². The van der Waals surface area contributed by atoms with Gasteiger partial charge in [0.25, 0.3) is 0 Å². The van der Waals surface area contributed by atoms with Crippen molar-refractivity contribution >= 4 is 7.92 Å². The lowest BCUT2D eigenvalue weighted by Gasteiger charge is -2.42. The molecule has 0 amide bonds. The maximum atomic E-state index is 2.46. The van der Waals surface area contributed by atoms with E-state index in [1.54, 1.807) is 0 Å². The normalized spacial score (nSPS) is 23.3. The largest absolute Gasteiger partial charge is 0.0912 e. The standard InChI is InChI=1S/C25H35P/c1-17-9-13-19(14-10-17)21-22(20-15-11-18(2)12-16-20)23(21)26(24(3,4)5)25(6,7)8/h9-16,21-23H,1-8H3/t21-,22-/m1/s1. The van der Waals surface area contributed by atoms with E-state index in [9.17, 15) is 0 Å². The van der Waals surface area contributed by atoms with Gasteiger partial charge < -0.3 is 0 Å². The topological polar surface area (TPSA) is 0 Å². The first-order chi connectivity index (χ1) is 12.0. The quantitative estimate of drug-likeness (QED) is 0.490. The summed E-state index contributed by atoms with van der Waals surface area (Å²) < 4.78 is 0. The van der Waals surface area contributed by atoms with Crippen molar-refractivity contribution < 1.29 is 0 Å². The Kier molecular flexibility index (Phi) is 5.13. The van der Waals surface area contributed by atoms with E-state index in [-0.39, 0.29) is 7.92 Å². The lowest BCUT2D eigenvalue weighted by atomic mass is 10.0. The molecule has 0 unspecified atom stereocenters. The van der Waals surface area contributed by atoms with Crippen molar-refractivity contribution in [2.75, 3.05) is 0 Å². The summed E-state index contributed by atoms with van der Waals surface area (Å²) in [7, 11) is -0.132. The van der Waals surface area contributed by atoms with E-state index in [4.69, 9.17) is 0 Å². The van der Waals surface area contributed by atoms with E-state index >= 15 is 0 Å². The second-order valence-corrected chi connectivity index (χ2v) is 14.1. The van der Waals surface area contributed by atoms with Crippen molar-refractivity contribution in [3.8, 4) is 0 Å². The fraction of sp³-hybridized carbons (Fsp3) is 0.520. The molecule has 0 N–H and O–H groups in total. The molecule has 0 saturated heterocycles. The first-order valence-electron chi connectivity index (χ1n) is 9.93. The molecule has 0 heterocycles. The van der Waals surface area contributed by atoms with Crippen molar-refractivity contribution in [1.82, 2.24) is 0 Å². The first kappa shape index (κ1) is 19.6. The number of hydrogen-bond donors (Lipinski definition) is 0. The summed E-state index contributed by atoms with van der Waals surface area (Å²) in [6.45, 7) is 19.1. The van der Waals surface area contributed by atoms with Crippen LogP contribution in [-0.4, -0.2) is 16.0 Å². The van der Waals surface area contributed by atoms with Crippen LogP contribution in [0, 0.1) is 13.8 Å². The zero-order chi connectivity index (χ0) is 19.3. The molecule has 2 aromatic rings. The third-order valence-electron chi connectivity index (χ3n) is 5.65. The third kappa shape index (κ3) is 3.91. The van der Waals surface area contributed by atoms with Gasteiger partial charge in [-0.25, -0.2) is 0 Å². The van der Waals surface area contributed by atoms with Crippen molar-refractivity contribution in [2.24, 2.45) is 0 Å². The van der Waals surface area contributed by atoms with E-state index in [1.807, 2.05) is 0 Å². The molecule has 1 aliphatic carbocycles. The highest BCUT2D eigenvalue weighted by Gasteiger charge is 2.59. The van der Waals surface area contributed by atoms with Gasteiger partial charge in [-0.3, -0.25) is 0 Å². The predicted molar refractivity (Wildman–Crippen MR) is 118 cm³/mol. The molecule has 0 spiro atoms. The summed E-state index contributed by atoms with van der Waals surface area (Å²) in [4.78, 5) is 0. The monoisotopic (exact) mass is 366 g/mol. The fourth-order valence-electron chi connectivity index (χ4n) is 4.90. The molecule has 0 radical (unpaired) electrons. The lowest BCUT2D eigenvalue weighted by molar-refractivity contribution is 0.700. The zero-order valence-corrected chi connectivity index (χ0v) is 18.7. The molecule has 1 heteroatoms. The first-order valence-corrected chi connectivity index (χ1v) is 11.3. The van der Waals surface area contributed by atoms with Crippen LogP contribution in [0.15, 0.2) is 48.5 Å². The van der Waals surface area contributed by atoms with Crippen LogP contribution >= 0.6 is 7.92 Å². The Morgan fingerprint density at radius 3 is 1.15 bits per heavy atom. The maximum Gasteiger partial charge on any atom is -0.00126 e. The number of aryl methyl sites for hydroxylation is 2. The molecule has 1 aliphatic rings. The third-order valence-corrected chi connectivity index (χ3v) is 9.78. The molecule has 2 atom stereocenters. The van der Waals surface area contributed by atoms with Crippen LogP contribution in [0.3, 0.4) is 0 Å². The summed E-state index contributed by atoms with van der Waals surface area (Å²) in [6, 6.07) is 18.6. The summed E-state index contributed by atoms with van der Waals surface area (Å²) >= 11 is 0. The van der Waals surface area contributed by atoms with Gasteiger partial charge in [-0.1, -0.05) is 109 Å². The molecule has 0 nitrogen and oxygen atoms in total. The predicted octanol–water partition coefficient (Wildman–Crippen LogP) is 7.63. The Morgan fingerprint density at radius 2 is 0.885 bits per heavy atom. The summed E-state index contributed by atoms with van der Waals surface area (Å²) in [5, 5.41) is 0.724. The van der Waals surface area contributed by atoms with Crippen molar-refractivity contribution in [3.63, 3.8) is 0 Å². The average molecular weight is 367 g/mol. The van der Waals surface area contributed by atoms with E-state index in [2.05, 4.69) is 104 Å². The molecule has 140 valence electrons. The average Bonchev–Trinajstić information content (AvgIpc) is 3.20. The Bertz CT molecular complexity index is 675. The second-order valence-electron chi connectivity index (χ2n) is 10.1. The highest BCUT2D eigenvalue weighted by molar-refractivity contribution is 7.62. The summed E-state index contributed by atoms with van der Waals surface area (Å²) in [5.41, 5.74) is 6.55. The van der Waals surface area contributed by atoms with E-state index in [1.165, 1.54) is 22.3 Å². The van der Waals surface area contributed by atoms with Crippen LogP contribution in [0.25, 0.3) is 0 Å². The van der Waals surface area contributed by atoms with Crippen molar-refractivity contribution in [2.45, 2.75) is 83.2 Å². The van der Waals surface area contributed by atoms with E-state index < -0.39 is 0 Å². The van der Waals surface area contributed by atoms with Crippen LogP contribution in [0.1, 0.15) is 75.6 Å². The molecular weight excluding hydrogens is 331 g/mol. The van der Waals surface area contributed by atoms with Crippen LogP contribution in [0.2, 0.25) is 0 Å². The van der Waals surface area contributed by atoms with Crippen molar-refractivity contribution in [1.29, 1.82) is 0 Å². The van der Waals surface area contributed by atoms with Gasteiger partial charge in [-0.2, -0.15) is 0 Å². The highest BCUT2D eigenvalue weighted by Crippen LogP contribution is 2.77. The molecule has 1 saturated carbocycles.